The van der Waals surface area contributed by atoms with Crippen molar-refractivity contribution in [3.63, 3.8) is 0 Å². The molecular weight excluding hydrogens is 600 g/mol. The number of amides is 4. The average Bonchev–Trinajstić information content (AvgIpc) is 3.07. The summed E-state index contributed by atoms with van der Waals surface area (Å²) < 4.78 is 21.6. The highest BCUT2D eigenvalue weighted by Crippen LogP contribution is 2.18. The van der Waals surface area contributed by atoms with Crippen molar-refractivity contribution in [3.05, 3.63) is 66.5 Å². The Morgan fingerprint density at radius 2 is 1.46 bits per heavy atom. The van der Waals surface area contributed by atoms with Crippen LogP contribution in [-0.2, 0) is 35.2 Å². The molecule has 46 heavy (non-hydrogen) atoms. The summed E-state index contributed by atoms with van der Waals surface area (Å²) in [5.74, 6) is -0.247. The number of benzene rings is 2. The molecule has 3 aromatic rings. The van der Waals surface area contributed by atoms with Crippen LogP contribution >= 0.6 is 0 Å². The molecule has 1 atom stereocenters. The minimum atomic E-state index is -1.00. The van der Waals surface area contributed by atoms with Crippen molar-refractivity contribution in [2.75, 3.05) is 46.1 Å². The quantitative estimate of drug-likeness (QED) is 0.117. The van der Waals surface area contributed by atoms with Crippen molar-refractivity contribution in [2.24, 2.45) is 5.73 Å². The summed E-state index contributed by atoms with van der Waals surface area (Å²) in [6, 6.07) is 15.1. The fourth-order valence-corrected chi connectivity index (χ4v) is 3.79. The number of hydrogen-bond acceptors (Lipinski definition) is 12. The summed E-state index contributed by atoms with van der Waals surface area (Å²) in [6.45, 7) is 1.81. The second-order valence-corrected chi connectivity index (χ2v) is 9.62. The minimum absolute atomic E-state index is 0.0233. The number of carbonyl (C=O) groups excluding carboxylic acids is 4. The van der Waals surface area contributed by atoms with Crippen LogP contribution in [0.4, 0.5) is 4.79 Å². The predicted molar refractivity (Wildman–Crippen MR) is 163 cm³/mol. The van der Waals surface area contributed by atoms with Crippen LogP contribution in [0.1, 0.15) is 24.8 Å². The monoisotopic (exact) mass is 638 g/mol. The van der Waals surface area contributed by atoms with E-state index < -0.39 is 23.9 Å². The molecule has 0 saturated carbocycles. The lowest BCUT2D eigenvalue weighted by Crippen LogP contribution is -2.48. The molecule has 246 valence electrons. The van der Waals surface area contributed by atoms with Crippen LogP contribution in [0.15, 0.2) is 60.9 Å². The van der Waals surface area contributed by atoms with Crippen LogP contribution < -0.4 is 26.4 Å². The van der Waals surface area contributed by atoms with E-state index in [1.165, 1.54) is 6.33 Å². The van der Waals surface area contributed by atoms with E-state index in [9.17, 15) is 19.2 Å². The van der Waals surface area contributed by atoms with Crippen LogP contribution in [0.2, 0.25) is 0 Å². The Morgan fingerprint density at radius 1 is 0.783 bits per heavy atom. The van der Waals surface area contributed by atoms with Crippen LogP contribution in [0.5, 0.6) is 5.75 Å². The Balaban J connectivity index is 1.18. The Bertz CT molecular complexity index is 1350. The highest BCUT2D eigenvalue weighted by Gasteiger charge is 2.22. The maximum absolute atomic E-state index is 12.6. The number of ether oxygens (including phenoxy) is 4. The standard InChI is InChI=1S/C30H38N8O8/c31-26(39)11-10-25(36-30(42)46-20-22-4-2-1-3-5-22)29(41)33-14-17-44-19-18-43-16-13-32-27(40)12-15-45-24-8-6-23(7-9-24)28-37-34-21-35-38-28/h1-9,21,25H,10-20H2,(H2,31,39)(H,32,40)(H,33,41)(H,36,42). The third kappa shape index (κ3) is 14.5. The number of nitrogens with two attached hydrogens (primary N) is 1. The largest absolute Gasteiger partial charge is 0.493 e. The molecule has 0 spiro atoms. The molecule has 0 fully saturated rings. The van der Waals surface area contributed by atoms with E-state index in [2.05, 4.69) is 36.3 Å². The summed E-state index contributed by atoms with van der Waals surface area (Å²) in [5, 5.41) is 23.0. The van der Waals surface area contributed by atoms with E-state index in [1.807, 2.05) is 18.2 Å². The van der Waals surface area contributed by atoms with Gasteiger partial charge in [0.15, 0.2) is 6.33 Å². The van der Waals surface area contributed by atoms with Gasteiger partial charge in [0, 0.05) is 25.1 Å². The minimum Gasteiger partial charge on any atom is -0.493 e. The third-order valence-corrected chi connectivity index (χ3v) is 6.11. The van der Waals surface area contributed by atoms with Gasteiger partial charge in [0.1, 0.15) is 18.4 Å². The first kappa shape index (κ1) is 35.3. The highest BCUT2D eigenvalue weighted by molar-refractivity contribution is 5.86. The van der Waals surface area contributed by atoms with Crippen LogP contribution in [0.3, 0.4) is 0 Å². The normalized spacial score (nSPS) is 11.2. The predicted octanol–water partition coefficient (Wildman–Crippen LogP) is 0.529. The Kier molecular flexibility index (Phi) is 15.9. The first-order chi connectivity index (χ1) is 22.4. The van der Waals surface area contributed by atoms with Crippen LogP contribution in [-0.4, -0.2) is 96.4 Å². The molecule has 0 aliphatic rings. The summed E-state index contributed by atoms with van der Waals surface area (Å²) >= 11 is 0. The molecule has 0 aliphatic carbocycles. The number of primary amides is 1. The van der Waals surface area contributed by atoms with Gasteiger partial charge in [-0.15, -0.1) is 20.4 Å². The van der Waals surface area contributed by atoms with Gasteiger partial charge in [0.25, 0.3) is 0 Å². The maximum Gasteiger partial charge on any atom is 0.408 e. The van der Waals surface area contributed by atoms with Crippen molar-refractivity contribution < 1.29 is 38.1 Å². The van der Waals surface area contributed by atoms with E-state index in [0.29, 0.717) is 31.3 Å². The summed E-state index contributed by atoms with van der Waals surface area (Å²) in [6.07, 6.45) is 0.584. The highest BCUT2D eigenvalue weighted by atomic mass is 16.5. The van der Waals surface area contributed by atoms with Gasteiger partial charge in [-0.1, -0.05) is 30.3 Å². The summed E-state index contributed by atoms with van der Waals surface area (Å²) in [4.78, 5) is 48.0. The average molecular weight is 639 g/mol. The maximum atomic E-state index is 12.6. The zero-order valence-corrected chi connectivity index (χ0v) is 25.3. The fourth-order valence-electron chi connectivity index (χ4n) is 3.79. The van der Waals surface area contributed by atoms with Gasteiger partial charge < -0.3 is 40.6 Å². The van der Waals surface area contributed by atoms with Gasteiger partial charge in [-0.3, -0.25) is 14.4 Å². The zero-order valence-electron chi connectivity index (χ0n) is 25.3. The van der Waals surface area contributed by atoms with E-state index in [-0.39, 0.29) is 58.1 Å². The first-order valence-corrected chi connectivity index (χ1v) is 14.6. The molecule has 3 rings (SSSR count). The number of nitrogens with zero attached hydrogens (tertiary/aromatic N) is 4. The SMILES string of the molecule is NC(=O)CCC(NC(=O)OCc1ccccc1)C(=O)NCCOCCOCCNC(=O)CCOc1ccc(-c2nncnn2)cc1. The Labute approximate surface area is 265 Å². The second-order valence-electron chi connectivity index (χ2n) is 9.62. The van der Waals surface area contributed by atoms with Gasteiger partial charge in [-0.05, 0) is 36.2 Å². The fraction of sp³-hybridized carbons (Fsp3) is 0.400. The Hall–Kier alpha value is -5.22. The first-order valence-electron chi connectivity index (χ1n) is 14.6. The number of aromatic nitrogens is 4. The summed E-state index contributed by atoms with van der Waals surface area (Å²) in [5.41, 5.74) is 6.74. The molecule has 2 aromatic carbocycles. The van der Waals surface area contributed by atoms with Gasteiger partial charge in [-0.25, -0.2) is 4.79 Å². The molecule has 5 N–H and O–H groups in total. The van der Waals surface area contributed by atoms with Crippen molar-refractivity contribution in [1.29, 1.82) is 0 Å². The molecular formula is C30H38N8O8. The van der Waals surface area contributed by atoms with E-state index in [1.54, 1.807) is 36.4 Å². The van der Waals surface area contributed by atoms with Crippen molar-refractivity contribution in [1.82, 2.24) is 36.3 Å². The molecule has 0 aliphatic heterocycles. The molecule has 1 heterocycles. The topological polar surface area (TPSA) is 219 Å². The van der Waals surface area contributed by atoms with Gasteiger partial charge in [0.05, 0.1) is 39.5 Å². The lowest BCUT2D eigenvalue weighted by atomic mass is 10.1. The van der Waals surface area contributed by atoms with Crippen molar-refractivity contribution >= 4 is 23.8 Å². The molecule has 0 bridgehead atoms. The van der Waals surface area contributed by atoms with Gasteiger partial charge in [-0.2, -0.15) is 0 Å². The van der Waals surface area contributed by atoms with Crippen LogP contribution in [0.25, 0.3) is 11.4 Å². The van der Waals surface area contributed by atoms with Crippen LogP contribution in [0, 0.1) is 0 Å². The van der Waals surface area contributed by atoms with Gasteiger partial charge in [0.2, 0.25) is 23.5 Å². The number of alkyl carbamates (subject to hydrolysis) is 1. The lowest BCUT2D eigenvalue weighted by molar-refractivity contribution is -0.124. The molecule has 4 amide bonds. The molecule has 1 aromatic heterocycles. The summed E-state index contributed by atoms with van der Waals surface area (Å²) in [7, 11) is 0. The number of carbonyl (C=O) groups is 4. The third-order valence-electron chi connectivity index (χ3n) is 6.11. The number of nitrogens with one attached hydrogen (secondary N) is 3. The molecule has 16 heteroatoms. The van der Waals surface area contributed by atoms with Crippen molar-refractivity contribution in [3.8, 4) is 17.1 Å². The van der Waals surface area contributed by atoms with Gasteiger partial charge >= 0.3 is 6.09 Å². The Morgan fingerprint density at radius 3 is 2.13 bits per heavy atom. The van der Waals surface area contributed by atoms with E-state index in [4.69, 9.17) is 24.7 Å². The molecule has 1 unspecified atom stereocenters. The number of hydrogen-bond donors (Lipinski definition) is 4. The number of rotatable bonds is 21. The smallest absolute Gasteiger partial charge is 0.408 e. The molecule has 0 radical (unpaired) electrons. The van der Waals surface area contributed by atoms with Crippen molar-refractivity contribution in [2.45, 2.75) is 31.9 Å². The molecule has 16 nitrogen and oxygen atoms in total. The van der Waals surface area contributed by atoms with E-state index >= 15 is 0 Å². The zero-order chi connectivity index (χ0) is 32.8. The second kappa shape index (κ2) is 20.7. The molecule has 0 saturated heterocycles. The van der Waals surface area contributed by atoms with E-state index in [0.717, 1.165) is 11.1 Å². The lowest BCUT2D eigenvalue weighted by Gasteiger charge is -2.18.